The fraction of sp³-hybridized carbons (Fsp3) is 0.261. The summed E-state index contributed by atoms with van der Waals surface area (Å²) in [5, 5.41) is 5.98. The number of rotatable bonds is 5. The van der Waals surface area contributed by atoms with E-state index >= 15 is 0 Å². The first-order valence-corrected chi connectivity index (χ1v) is 10.0. The Morgan fingerprint density at radius 1 is 1.03 bits per heavy atom. The minimum Gasteiger partial charge on any atom is -0.345 e. The van der Waals surface area contributed by atoms with E-state index in [2.05, 4.69) is 38.4 Å². The molecule has 0 saturated heterocycles. The Bertz CT molecular complexity index is 1320. The molecule has 0 unspecified atom stereocenters. The summed E-state index contributed by atoms with van der Waals surface area (Å²) in [5.41, 5.74) is 5.21. The maximum Gasteiger partial charge on any atom is 0.277 e. The number of carbonyl (C=O) groups is 1. The second-order valence-electron chi connectivity index (χ2n) is 7.73. The largest absolute Gasteiger partial charge is 0.345 e. The van der Waals surface area contributed by atoms with E-state index in [-0.39, 0.29) is 29.7 Å². The van der Waals surface area contributed by atoms with Crippen LogP contribution in [0.4, 0.5) is 0 Å². The highest BCUT2D eigenvalue weighted by molar-refractivity contribution is 5.78. The molecule has 0 radical (unpaired) electrons. The molecule has 8 nitrogen and oxygen atoms in total. The number of pyridine rings is 1. The normalized spacial score (nSPS) is 12.1. The lowest BCUT2D eigenvalue weighted by Gasteiger charge is -2.20. The minimum absolute atomic E-state index is 0.00662. The van der Waals surface area contributed by atoms with Crippen LogP contribution in [0, 0.1) is 27.7 Å². The van der Waals surface area contributed by atoms with Crippen molar-refractivity contribution < 1.29 is 4.79 Å². The number of benzene rings is 1. The zero-order chi connectivity index (χ0) is 22.1. The first-order valence-electron chi connectivity index (χ1n) is 10.0. The van der Waals surface area contributed by atoms with Gasteiger partial charge in [0.05, 0.1) is 12.5 Å². The highest BCUT2D eigenvalue weighted by atomic mass is 16.2. The summed E-state index contributed by atoms with van der Waals surface area (Å²) in [4.78, 5) is 38.0. The second kappa shape index (κ2) is 8.14. The van der Waals surface area contributed by atoms with Gasteiger partial charge in [-0.3, -0.25) is 19.7 Å². The SMILES string of the molecule is Cc1ccc([C@@H](NC(=O)Cc2nc3nc(C)c(C)c(=O)n3[nH]2)c2ccncc2)cc1C. The molecule has 3 heterocycles. The molecule has 1 amide bonds. The topological polar surface area (TPSA) is 105 Å². The van der Waals surface area contributed by atoms with Gasteiger partial charge in [0.15, 0.2) is 0 Å². The standard InChI is InChI=1S/C23H24N6O2/c1-13-5-6-18(11-14(13)2)21(17-7-9-24-10-8-17)27-20(30)12-19-26-23-25-16(4)15(3)22(31)29(23)28-19/h5-11,21H,12H2,1-4H3,(H,27,30)(H,25,26,28)/t21-/m0/s1. The van der Waals surface area contributed by atoms with Gasteiger partial charge in [0, 0.05) is 23.7 Å². The quantitative estimate of drug-likeness (QED) is 0.520. The average Bonchev–Trinajstić information content (AvgIpc) is 3.15. The minimum atomic E-state index is -0.329. The van der Waals surface area contributed by atoms with Crippen molar-refractivity contribution in [2.24, 2.45) is 0 Å². The molecule has 1 atom stereocenters. The predicted octanol–water partition coefficient (Wildman–Crippen LogP) is 2.49. The third kappa shape index (κ3) is 4.09. The molecule has 0 aliphatic rings. The van der Waals surface area contributed by atoms with Gasteiger partial charge in [-0.15, -0.1) is 0 Å². The molecule has 4 rings (SSSR count). The van der Waals surface area contributed by atoms with Crippen molar-refractivity contribution in [2.45, 2.75) is 40.2 Å². The van der Waals surface area contributed by atoms with Crippen LogP contribution < -0.4 is 10.9 Å². The van der Waals surface area contributed by atoms with Crippen LogP contribution in [0.5, 0.6) is 0 Å². The zero-order valence-corrected chi connectivity index (χ0v) is 17.9. The van der Waals surface area contributed by atoms with Crippen LogP contribution in [0.15, 0.2) is 47.5 Å². The summed E-state index contributed by atoms with van der Waals surface area (Å²) in [5.74, 6) is 0.414. The Labute approximate surface area is 179 Å². The number of fused-ring (bicyclic) bond motifs is 1. The van der Waals surface area contributed by atoms with Gasteiger partial charge >= 0.3 is 0 Å². The molecule has 0 fully saturated rings. The lowest BCUT2D eigenvalue weighted by atomic mass is 9.96. The van der Waals surface area contributed by atoms with Gasteiger partial charge < -0.3 is 5.32 Å². The average molecular weight is 416 g/mol. The lowest BCUT2D eigenvalue weighted by Crippen LogP contribution is -2.31. The number of hydrogen-bond donors (Lipinski definition) is 2. The molecule has 2 N–H and O–H groups in total. The number of aromatic amines is 1. The zero-order valence-electron chi connectivity index (χ0n) is 17.9. The van der Waals surface area contributed by atoms with E-state index in [9.17, 15) is 9.59 Å². The van der Waals surface area contributed by atoms with E-state index in [4.69, 9.17) is 0 Å². The van der Waals surface area contributed by atoms with Crippen molar-refractivity contribution >= 4 is 11.7 Å². The van der Waals surface area contributed by atoms with Crippen molar-refractivity contribution in [1.29, 1.82) is 0 Å². The molecule has 0 saturated carbocycles. The van der Waals surface area contributed by atoms with Crippen molar-refractivity contribution in [3.63, 3.8) is 0 Å². The first-order chi connectivity index (χ1) is 14.8. The van der Waals surface area contributed by atoms with Crippen molar-refractivity contribution in [3.05, 3.63) is 92.4 Å². The number of nitrogens with one attached hydrogen (secondary N) is 2. The molecular formula is C23H24N6O2. The summed E-state index contributed by atoms with van der Waals surface area (Å²) in [7, 11) is 0. The Morgan fingerprint density at radius 3 is 2.48 bits per heavy atom. The van der Waals surface area contributed by atoms with E-state index in [0.29, 0.717) is 17.1 Å². The van der Waals surface area contributed by atoms with Gasteiger partial charge in [0.25, 0.3) is 11.3 Å². The molecule has 0 bridgehead atoms. The second-order valence-corrected chi connectivity index (χ2v) is 7.73. The van der Waals surface area contributed by atoms with Gasteiger partial charge in [-0.05, 0) is 62.1 Å². The van der Waals surface area contributed by atoms with Crippen LogP contribution in [0.25, 0.3) is 5.78 Å². The van der Waals surface area contributed by atoms with Crippen molar-refractivity contribution in [1.82, 2.24) is 29.9 Å². The maximum absolute atomic E-state index is 12.9. The molecule has 31 heavy (non-hydrogen) atoms. The van der Waals surface area contributed by atoms with Gasteiger partial charge in [-0.1, -0.05) is 18.2 Å². The molecule has 0 aliphatic carbocycles. The Balaban J connectivity index is 1.62. The third-order valence-corrected chi connectivity index (χ3v) is 5.55. The smallest absolute Gasteiger partial charge is 0.277 e. The summed E-state index contributed by atoms with van der Waals surface area (Å²) < 4.78 is 1.27. The van der Waals surface area contributed by atoms with Crippen molar-refractivity contribution in [3.8, 4) is 0 Å². The van der Waals surface area contributed by atoms with Gasteiger partial charge in [0.2, 0.25) is 5.91 Å². The Hall–Kier alpha value is -3.81. The Morgan fingerprint density at radius 2 is 1.77 bits per heavy atom. The van der Waals surface area contributed by atoms with Crippen LogP contribution >= 0.6 is 0 Å². The predicted molar refractivity (Wildman–Crippen MR) is 117 cm³/mol. The summed E-state index contributed by atoms with van der Waals surface area (Å²) in [6, 6.07) is 9.59. The fourth-order valence-corrected chi connectivity index (χ4v) is 3.45. The monoisotopic (exact) mass is 416 g/mol. The third-order valence-electron chi connectivity index (χ3n) is 5.55. The van der Waals surface area contributed by atoms with E-state index in [1.54, 1.807) is 26.2 Å². The molecule has 8 heteroatoms. The highest BCUT2D eigenvalue weighted by Crippen LogP contribution is 2.24. The van der Waals surface area contributed by atoms with Crippen LogP contribution in [-0.4, -0.2) is 30.5 Å². The molecule has 158 valence electrons. The number of nitrogens with zero attached hydrogens (tertiary/aromatic N) is 4. The lowest BCUT2D eigenvalue weighted by molar-refractivity contribution is -0.121. The van der Waals surface area contributed by atoms with Crippen LogP contribution in [0.2, 0.25) is 0 Å². The number of amides is 1. The number of aromatic nitrogens is 5. The first kappa shape index (κ1) is 20.5. The summed E-state index contributed by atoms with van der Waals surface area (Å²) in [6.45, 7) is 7.58. The number of H-pyrrole nitrogens is 1. The summed E-state index contributed by atoms with van der Waals surface area (Å²) in [6.07, 6.45) is 3.41. The van der Waals surface area contributed by atoms with Crippen LogP contribution in [0.3, 0.4) is 0 Å². The van der Waals surface area contributed by atoms with Crippen LogP contribution in [0.1, 0.15) is 45.4 Å². The molecule has 0 spiro atoms. The number of carbonyl (C=O) groups excluding carboxylic acids is 1. The van der Waals surface area contributed by atoms with Gasteiger partial charge in [-0.2, -0.15) is 9.50 Å². The molecule has 3 aromatic heterocycles. The number of hydrogen-bond acceptors (Lipinski definition) is 5. The molecule has 0 aliphatic heterocycles. The van der Waals surface area contributed by atoms with E-state index in [1.807, 2.05) is 31.2 Å². The summed E-state index contributed by atoms with van der Waals surface area (Å²) >= 11 is 0. The molecule has 4 aromatic rings. The molecule has 1 aromatic carbocycles. The van der Waals surface area contributed by atoms with E-state index < -0.39 is 0 Å². The number of aryl methyl sites for hydroxylation is 3. The van der Waals surface area contributed by atoms with Crippen LogP contribution in [-0.2, 0) is 11.2 Å². The highest BCUT2D eigenvalue weighted by Gasteiger charge is 2.19. The Kier molecular flexibility index (Phi) is 5.37. The molecular weight excluding hydrogens is 392 g/mol. The van der Waals surface area contributed by atoms with E-state index in [1.165, 1.54) is 10.1 Å². The van der Waals surface area contributed by atoms with E-state index in [0.717, 1.165) is 16.7 Å². The van der Waals surface area contributed by atoms with Gasteiger partial charge in [-0.25, -0.2) is 4.98 Å². The van der Waals surface area contributed by atoms with Gasteiger partial charge in [0.1, 0.15) is 5.82 Å². The fourth-order valence-electron chi connectivity index (χ4n) is 3.45. The maximum atomic E-state index is 12.9. The van der Waals surface area contributed by atoms with Crippen molar-refractivity contribution in [2.75, 3.05) is 0 Å².